The van der Waals surface area contributed by atoms with Gasteiger partial charge in [-0.2, -0.15) is 0 Å². The van der Waals surface area contributed by atoms with Crippen molar-refractivity contribution in [3.63, 3.8) is 0 Å². The molecule has 8 heteroatoms. The number of hydrogen-bond donors (Lipinski definition) is 0. The molecule has 132 valence electrons. The van der Waals surface area contributed by atoms with Gasteiger partial charge < -0.3 is 9.47 Å². The van der Waals surface area contributed by atoms with Crippen molar-refractivity contribution >= 4 is 27.9 Å². The second-order valence-electron chi connectivity index (χ2n) is 5.29. The van der Waals surface area contributed by atoms with Gasteiger partial charge in [-0.05, 0) is 31.9 Å². The molecule has 0 bridgehead atoms. The zero-order valence-corrected chi connectivity index (χ0v) is 15.3. The van der Waals surface area contributed by atoms with E-state index in [9.17, 15) is 14.0 Å². The molecule has 0 spiro atoms. The second-order valence-corrected chi connectivity index (χ2v) is 6.21. The second kappa shape index (κ2) is 8.32. The van der Waals surface area contributed by atoms with Crippen molar-refractivity contribution in [1.29, 1.82) is 0 Å². The molecule has 0 atom stereocenters. The van der Waals surface area contributed by atoms with E-state index in [0.29, 0.717) is 17.6 Å². The number of carbonyl (C=O) groups excluding carboxylic acids is 2. The highest BCUT2D eigenvalue weighted by Crippen LogP contribution is 2.28. The van der Waals surface area contributed by atoms with Crippen LogP contribution in [0.15, 0.2) is 16.6 Å². The van der Waals surface area contributed by atoms with E-state index in [1.807, 2.05) is 0 Å². The van der Waals surface area contributed by atoms with Crippen LogP contribution in [0, 0.1) is 5.82 Å². The van der Waals surface area contributed by atoms with Crippen molar-refractivity contribution < 1.29 is 23.5 Å². The summed E-state index contributed by atoms with van der Waals surface area (Å²) in [5.74, 6) is -0.619. The smallest absolute Gasteiger partial charge is 0.428 e. The standard InChI is InChI=1S/C16H20BrFN2O4/c1-3-24-16(22)20-7-5-4-6-19(20)15(21)10-12-13(18)8-11(17)9-14(12)23-2/h8-9H,3-7,10H2,1-2H3. The third kappa shape index (κ3) is 4.17. The van der Waals surface area contributed by atoms with Crippen LogP contribution < -0.4 is 4.74 Å². The summed E-state index contributed by atoms with van der Waals surface area (Å²) in [5.41, 5.74) is 0.167. The topological polar surface area (TPSA) is 59.1 Å². The van der Waals surface area contributed by atoms with E-state index in [-0.39, 0.29) is 30.2 Å². The van der Waals surface area contributed by atoms with Gasteiger partial charge in [-0.25, -0.2) is 19.2 Å². The van der Waals surface area contributed by atoms with Gasteiger partial charge >= 0.3 is 6.09 Å². The number of hydrazine groups is 1. The molecule has 0 unspecified atom stereocenters. The Morgan fingerprint density at radius 3 is 2.54 bits per heavy atom. The molecule has 2 rings (SSSR count). The molecule has 6 nitrogen and oxygen atoms in total. The summed E-state index contributed by atoms with van der Waals surface area (Å²) in [6.07, 6.45) is 0.812. The van der Waals surface area contributed by atoms with Crippen molar-refractivity contribution in [2.45, 2.75) is 26.2 Å². The van der Waals surface area contributed by atoms with Gasteiger partial charge in [0.2, 0.25) is 5.91 Å². The van der Waals surface area contributed by atoms with E-state index in [2.05, 4.69) is 15.9 Å². The maximum absolute atomic E-state index is 14.2. The van der Waals surface area contributed by atoms with E-state index >= 15 is 0 Å². The number of benzene rings is 1. The summed E-state index contributed by atoms with van der Waals surface area (Å²) in [7, 11) is 1.42. The largest absolute Gasteiger partial charge is 0.496 e. The fourth-order valence-electron chi connectivity index (χ4n) is 2.59. The Morgan fingerprint density at radius 2 is 1.92 bits per heavy atom. The summed E-state index contributed by atoms with van der Waals surface area (Å²) in [6, 6.07) is 2.88. The van der Waals surface area contributed by atoms with Gasteiger partial charge in [0.15, 0.2) is 0 Å². The first-order valence-electron chi connectivity index (χ1n) is 7.74. The number of ether oxygens (including phenoxy) is 2. The summed E-state index contributed by atoms with van der Waals surface area (Å²) >= 11 is 3.19. The molecule has 1 heterocycles. The van der Waals surface area contributed by atoms with Crippen LogP contribution in [0.2, 0.25) is 0 Å². The molecule has 1 aromatic rings. The molecule has 0 saturated carbocycles. The maximum atomic E-state index is 14.2. The lowest BCUT2D eigenvalue weighted by atomic mass is 10.1. The molecular formula is C16H20BrFN2O4. The van der Waals surface area contributed by atoms with Gasteiger partial charge in [0, 0.05) is 23.1 Å². The normalized spacial score (nSPS) is 14.5. The third-order valence-corrected chi connectivity index (χ3v) is 4.17. The first kappa shape index (κ1) is 18.5. The van der Waals surface area contributed by atoms with Gasteiger partial charge in [0.05, 0.1) is 20.1 Å². The molecule has 0 aromatic heterocycles. The minimum Gasteiger partial charge on any atom is -0.496 e. The highest BCUT2D eigenvalue weighted by atomic mass is 79.9. The highest BCUT2D eigenvalue weighted by Gasteiger charge is 2.30. The van der Waals surface area contributed by atoms with Gasteiger partial charge in [0.1, 0.15) is 11.6 Å². The molecule has 1 aliphatic rings. The lowest BCUT2D eigenvalue weighted by Gasteiger charge is -2.37. The average Bonchev–Trinajstić information content (AvgIpc) is 2.57. The molecule has 1 aliphatic heterocycles. The first-order valence-corrected chi connectivity index (χ1v) is 8.53. The average molecular weight is 403 g/mol. The molecule has 1 saturated heterocycles. The first-order chi connectivity index (χ1) is 11.5. The fourth-order valence-corrected chi connectivity index (χ4v) is 3.00. The van der Waals surface area contributed by atoms with E-state index in [1.165, 1.54) is 23.2 Å². The number of carbonyl (C=O) groups is 2. The van der Waals surface area contributed by atoms with E-state index < -0.39 is 11.9 Å². The molecule has 2 amide bonds. The minimum absolute atomic E-state index is 0.167. The Kier molecular flexibility index (Phi) is 6.42. The van der Waals surface area contributed by atoms with Crippen molar-refractivity contribution in [2.75, 3.05) is 26.8 Å². The molecule has 1 aromatic carbocycles. The molecule has 0 aliphatic carbocycles. The minimum atomic E-state index is -0.561. The summed E-state index contributed by atoms with van der Waals surface area (Å²) in [4.78, 5) is 24.6. The quantitative estimate of drug-likeness (QED) is 0.775. The van der Waals surface area contributed by atoms with Crippen LogP contribution in [0.3, 0.4) is 0 Å². The van der Waals surface area contributed by atoms with Gasteiger partial charge in [-0.3, -0.25) is 4.79 Å². The number of rotatable bonds is 4. The summed E-state index contributed by atoms with van der Waals surface area (Å²) in [5, 5.41) is 2.63. The molecule has 0 radical (unpaired) electrons. The third-order valence-electron chi connectivity index (χ3n) is 3.71. The number of nitrogens with zero attached hydrogens (tertiary/aromatic N) is 2. The van der Waals surface area contributed by atoms with Gasteiger partial charge in [0.25, 0.3) is 0 Å². The van der Waals surface area contributed by atoms with Crippen LogP contribution in [0.25, 0.3) is 0 Å². The van der Waals surface area contributed by atoms with Gasteiger partial charge in [-0.1, -0.05) is 15.9 Å². The Balaban J connectivity index is 2.20. The zero-order chi connectivity index (χ0) is 17.7. The lowest BCUT2D eigenvalue weighted by Crippen LogP contribution is -2.53. The van der Waals surface area contributed by atoms with Crippen molar-refractivity contribution in [3.8, 4) is 5.75 Å². The predicted molar refractivity (Wildman–Crippen MR) is 89.0 cm³/mol. The number of amides is 2. The monoisotopic (exact) mass is 402 g/mol. The number of hydrogen-bond acceptors (Lipinski definition) is 4. The Labute approximate surface area is 148 Å². The molecular weight excluding hydrogens is 383 g/mol. The van der Waals surface area contributed by atoms with E-state index in [0.717, 1.165) is 12.8 Å². The molecule has 0 N–H and O–H groups in total. The number of halogens is 2. The van der Waals surface area contributed by atoms with E-state index in [4.69, 9.17) is 9.47 Å². The summed E-state index contributed by atoms with van der Waals surface area (Å²) in [6.45, 7) is 2.74. The lowest BCUT2D eigenvalue weighted by molar-refractivity contribution is -0.148. The van der Waals surface area contributed by atoms with Crippen LogP contribution >= 0.6 is 15.9 Å². The maximum Gasteiger partial charge on any atom is 0.428 e. The van der Waals surface area contributed by atoms with Crippen LogP contribution in [0.1, 0.15) is 25.3 Å². The molecule has 1 fully saturated rings. The Hall–Kier alpha value is -1.83. The SMILES string of the molecule is CCOC(=O)N1CCCCN1C(=O)Cc1c(F)cc(Br)cc1OC. The van der Waals surface area contributed by atoms with Crippen molar-refractivity contribution in [1.82, 2.24) is 10.0 Å². The zero-order valence-electron chi connectivity index (χ0n) is 13.7. The van der Waals surface area contributed by atoms with Crippen LogP contribution in [0.5, 0.6) is 5.75 Å². The Morgan fingerprint density at radius 1 is 1.25 bits per heavy atom. The van der Waals surface area contributed by atoms with Crippen molar-refractivity contribution in [2.24, 2.45) is 0 Å². The van der Waals surface area contributed by atoms with Crippen LogP contribution in [-0.4, -0.2) is 48.8 Å². The predicted octanol–water partition coefficient (Wildman–Crippen LogP) is 3.14. The highest BCUT2D eigenvalue weighted by molar-refractivity contribution is 9.10. The summed E-state index contributed by atoms with van der Waals surface area (Å²) < 4.78 is 24.9. The van der Waals surface area contributed by atoms with Gasteiger partial charge in [-0.15, -0.1) is 0 Å². The molecule has 24 heavy (non-hydrogen) atoms. The fraction of sp³-hybridized carbons (Fsp3) is 0.500. The number of methoxy groups -OCH3 is 1. The van der Waals surface area contributed by atoms with E-state index in [1.54, 1.807) is 13.0 Å². The Bertz CT molecular complexity index is 626. The van der Waals surface area contributed by atoms with Crippen molar-refractivity contribution in [3.05, 3.63) is 28.0 Å². The van der Waals surface area contributed by atoms with Crippen LogP contribution in [0.4, 0.5) is 9.18 Å². The van der Waals surface area contributed by atoms with Crippen LogP contribution in [-0.2, 0) is 16.0 Å².